The van der Waals surface area contributed by atoms with Crippen molar-refractivity contribution in [3.05, 3.63) is 0 Å². The lowest BCUT2D eigenvalue weighted by Crippen LogP contribution is -2.45. The van der Waals surface area contributed by atoms with Crippen molar-refractivity contribution in [3.63, 3.8) is 0 Å². The second-order valence-corrected chi connectivity index (χ2v) is 5.02. The number of hydrogen-bond donors (Lipinski definition) is 3. The molecule has 1 heterocycles. The van der Waals surface area contributed by atoms with Crippen LogP contribution in [-0.4, -0.2) is 36.1 Å². The third kappa shape index (κ3) is 4.73. The van der Waals surface area contributed by atoms with Crippen LogP contribution in [0.25, 0.3) is 0 Å². The standard InChI is InChI=1S/C12H22N2O3/c1-8(2)11(12(16)17)14-10(15)7-9-3-5-13-6-4-9/h8-9,11,13H,3-7H2,1-2H3,(H,14,15)(H,16,17)/t11-/m0/s1. The molecule has 0 aromatic heterocycles. The molecule has 0 aromatic carbocycles. The van der Waals surface area contributed by atoms with Crippen LogP contribution in [0.4, 0.5) is 0 Å². The number of aliphatic carboxylic acids is 1. The summed E-state index contributed by atoms with van der Waals surface area (Å²) in [5.74, 6) is -0.806. The Morgan fingerprint density at radius 2 is 1.94 bits per heavy atom. The van der Waals surface area contributed by atoms with Crippen LogP contribution in [0.3, 0.4) is 0 Å². The molecule has 3 N–H and O–H groups in total. The second kappa shape index (κ2) is 6.59. The summed E-state index contributed by atoms with van der Waals surface area (Å²) in [6, 6.07) is -0.774. The van der Waals surface area contributed by atoms with Gasteiger partial charge in [-0.25, -0.2) is 4.79 Å². The van der Waals surface area contributed by atoms with Crippen molar-refractivity contribution in [2.75, 3.05) is 13.1 Å². The fourth-order valence-electron chi connectivity index (χ4n) is 2.09. The number of carbonyl (C=O) groups is 2. The number of piperidine rings is 1. The third-order valence-corrected chi connectivity index (χ3v) is 3.18. The predicted octanol–water partition coefficient (Wildman–Crippen LogP) is 0.601. The fourth-order valence-corrected chi connectivity index (χ4v) is 2.09. The largest absolute Gasteiger partial charge is 0.480 e. The van der Waals surface area contributed by atoms with Crippen LogP contribution in [0.15, 0.2) is 0 Å². The van der Waals surface area contributed by atoms with E-state index in [1.165, 1.54) is 0 Å². The first-order valence-electron chi connectivity index (χ1n) is 6.23. The number of rotatable bonds is 5. The Balaban J connectivity index is 2.38. The maximum Gasteiger partial charge on any atom is 0.326 e. The van der Waals surface area contributed by atoms with Gasteiger partial charge in [0.05, 0.1) is 0 Å². The molecule has 5 heteroatoms. The maximum atomic E-state index is 11.7. The van der Waals surface area contributed by atoms with E-state index in [-0.39, 0.29) is 11.8 Å². The predicted molar refractivity (Wildman–Crippen MR) is 64.6 cm³/mol. The highest BCUT2D eigenvalue weighted by atomic mass is 16.4. The van der Waals surface area contributed by atoms with Gasteiger partial charge in [-0.1, -0.05) is 13.8 Å². The lowest BCUT2D eigenvalue weighted by atomic mass is 9.94. The fraction of sp³-hybridized carbons (Fsp3) is 0.833. The number of nitrogens with one attached hydrogen (secondary N) is 2. The molecule has 0 spiro atoms. The molecule has 0 unspecified atom stereocenters. The molecule has 1 atom stereocenters. The zero-order valence-corrected chi connectivity index (χ0v) is 10.5. The molecule has 17 heavy (non-hydrogen) atoms. The first-order valence-corrected chi connectivity index (χ1v) is 6.23. The molecule has 1 rings (SSSR count). The van der Waals surface area contributed by atoms with E-state index in [9.17, 15) is 9.59 Å². The quantitative estimate of drug-likeness (QED) is 0.659. The molecule has 0 radical (unpaired) electrons. The van der Waals surface area contributed by atoms with Gasteiger partial charge in [-0.05, 0) is 37.8 Å². The van der Waals surface area contributed by atoms with E-state index in [0.717, 1.165) is 25.9 Å². The average molecular weight is 242 g/mol. The van der Waals surface area contributed by atoms with Crippen molar-refractivity contribution >= 4 is 11.9 Å². The van der Waals surface area contributed by atoms with E-state index in [2.05, 4.69) is 10.6 Å². The number of carboxylic acid groups (broad SMARTS) is 1. The highest BCUT2D eigenvalue weighted by molar-refractivity contribution is 5.83. The summed E-state index contributed by atoms with van der Waals surface area (Å²) < 4.78 is 0. The minimum Gasteiger partial charge on any atom is -0.480 e. The Morgan fingerprint density at radius 1 is 1.35 bits per heavy atom. The van der Waals surface area contributed by atoms with E-state index in [1.807, 2.05) is 0 Å². The zero-order chi connectivity index (χ0) is 12.8. The summed E-state index contributed by atoms with van der Waals surface area (Å²) in [6.45, 7) is 5.49. The molecule has 1 aliphatic heterocycles. The van der Waals surface area contributed by atoms with Gasteiger partial charge in [-0.3, -0.25) is 4.79 Å². The van der Waals surface area contributed by atoms with E-state index in [0.29, 0.717) is 12.3 Å². The van der Waals surface area contributed by atoms with Gasteiger partial charge in [-0.15, -0.1) is 0 Å². The molecule has 0 saturated carbocycles. The van der Waals surface area contributed by atoms with Crippen molar-refractivity contribution in [3.8, 4) is 0 Å². The molecular weight excluding hydrogens is 220 g/mol. The molecule has 0 aromatic rings. The minimum absolute atomic E-state index is 0.0931. The van der Waals surface area contributed by atoms with Crippen molar-refractivity contribution in [2.24, 2.45) is 11.8 Å². The number of amides is 1. The van der Waals surface area contributed by atoms with Crippen molar-refractivity contribution < 1.29 is 14.7 Å². The Hall–Kier alpha value is -1.10. The van der Waals surface area contributed by atoms with E-state index < -0.39 is 12.0 Å². The van der Waals surface area contributed by atoms with Gasteiger partial charge in [0.15, 0.2) is 0 Å². The number of carboxylic acids is 1. The molecule has 98 valence electrons. The van der Waals surface area contributed by atoms with Gasteiger partial charge in [0.25, 0.3) is 0 Å². The molecule has 0 bridgehead atoms. The van der Waals surface area contributed by atoms with Crippen molar-refractivity contribution in [1.82, 2.24) is 10.6 Å². The van der Waals surface area contributed by atoms with Crippen molar-refractivity contribution in [1.29, 1.82) is 0 Å². The highest BCUT2D eigenvalue weighted by Gasteiger charge is 2.25. The van der Waals surface area contributed by atoms with Crippen LogP contribution >= 0.6 is 0 Å². The van der Waals surface area contributed by atoms with E-state index in [4.69, 9.17) is 5.11 Å². The van der Waals surface area contributed by atoms with Gasteiger partial charge in [0.1, 0.15) is 6.04 Å². The van der Waals surface area contributed by atoms with Crippen molar-refractivity contribution in [2.45, 2.75) is 39.2 Å². The van der Waals surface area contributed by atoms with Gasteiger partial charge >= 0.3 is 5.97 Å². The summed E-state index contributed by atoms with van der Waals surface area (Å²) in [4.78, 5) is 22.7. The molecule has 0 aliphatic carbocycles. The van der Waals surface area contributed by atoms with Crippen LogP contribution in [0.1, 0.15) is 33.1 Å². The molecule has 1 amide bonds. The Bertz CT molecular complexity index is 273. The highest BCUT2D eigenvalue weighted by Crippen LogP contribution is 2.16. The summed E-state index contributed by atoms with van der Waals surface area (Å²) in [7, 11) is 0. The molecule has 1 saturated heterocycles. The Labute approximate surface area is 102 Å². The number of carbonyl (C=O) groups excluding carboxylic acids is 1. The number of hydrogen-bond acceptors (Lipinski definition) is 3. The van der Waals surface area contributed by atoms with Crippen LogP contribution < -0.4 is 10.6 Å². The summed E-state index contributed by atoms with van der Waals surface area (Å²) in [5.41, 5.74) is 0. The molecular formula is C12H22N2O3. The lowest BCUT2D eigenvalue weighted by Gasteiger charge is -2.23. The summed E-state index contributed by atoms with van der Waals surface area (Å²) in [6.07, 6.45) is 2.43. The van der Waals surface area contributed by atoms with Gasteiger partial charge < -0.3 is 15.7 Å². The zero-order valence-electron chi connectivity index (χ0n) is 10.5. The van der Waals surface area contributed by atoms with Crippen LogP contribution in [0, 0.1) is 11.8 Å². The topological polar surface area (TPSA) is 78.4 Å². The van der Waals surface area contributed by atoms with Gasteiger partial charge in [0, 0.05) is 6.42 Å². The van der Waals surface area contributed by atoms with E-state index in [1.54, 1.807) is 13.8 Å². The van der Waals surface area contributed by atoms with Crippen LogP contribution in [-0.2, 0) is 9.59 Å². The monoisotopic (exact) mass is 242 g/mol. The Morgan fingerprint density at radius 3 is 2.41 bits per heavy atom. The first-order chi connectivity index (χ1) is 8.00. The minimum atomic E-state index is -0.960. The smallest absolute Gasteiger partial charge is 0.326 e. The first kappa shape index (κ1) is 14.0. The van der Waals surface area contributed by atoms with Crippen LogP contribution in [0.5, 0.6) is 0 Å². The van der Waals surface area contributed by atoms with Crippen LogP contribution in [0.2, 0.25) is 0 Å². The SMILES string of the molecule is CC(C)[C@H](NC(=O)CC1CCNCC1)C(=O)O. The summed E-state index contributed by atoms with van der Waals surface area (Å²) in [5, 5.41) is 14.8. The molecule has 5 nitrogen and oxygen atoms in total. The third-order valence-electron chi connectivity index (χ3n) is 3.18. The maximum absolute atomic E-state index is 11.7. The molecule has 1 fully saturated rings. The van der Waals surface area contributed by atoms with E-state index >= 15 is 0 Å². The normalized spacial score (nSPS) is 19.0. The second-order valence-electron chi connectivity index (χ2n) is 5.02. The Kier molecular flexibility index (Phi) is 5.41. The summed E-state index contributed by atoms with van der Waals surface area (Å²) >= 11 is 0. The van der Waals surface area contributed by atoms with Gasteiger partial charge in [-0.2, -0.15) is 0 Å². The van der Waals surface area contributed by atoms with Gasteiger partial charge in [0.2, 0.25) is 5.91 Å². The molecule has 1 aliphatic rings. The lowest BCUT2D eigenvalue weighted by molar-refractivity contribution is -0.143. The average Bonchev–Trinajstić information content (AvgIpc) is 2.26.